The zero-order valence-electron chi connectivity index (χ0n) is 21.5. The van der Waals surface area contributed by atoms with Gasteiger partial charge in [0.15, 0.2) is 0 Å². The minimum Gasteiger partial charge on any atom is -0.494 e. The van der Waals surface area contributed by atoms with Crippen molar-refractivity contribution in [1.29, 1.82) is 0 Å². The SMILES string of the molecule is [2H]c1c([2H])c([2H])c(Oc2cccc(COCC(C)(C)c3ccc(OCC)cc3)c2)c([2H])c1[2H]. The van der Waals surface area contributed by atoms with Crippen molar-refractivity contribution in [2.45, 2.75) is 32.8 Å². The van der Waals surface area contributed by atoms with Crippen LogP contribution in [0.15, 0.2) is 78.7 Å². The van der Waals surface area contributed by atoms with Crippen LogP contribution in [-0.4, -0.2) is 13.2 Å². The molecule has 0 fully saturated rings. The quantitative estimate of drug-likeness (QED) is 0.431. The van der Waals surface area contributed by atoms with Gasteiger partial charge in [-0.1, -0.05) is 56.2 Å². The van der Waals surface area contributed by atoms with Gasteiger partial charge in [0.25, 0.3) is 0 Å². The molecule has 3 rings (SSSR count). The van der Waals surface area contributed by atoms with Crippen molar-refractivity contribution in [2.75, 3.05) is 13.2 Å². The average Bonchev–Trinajstić information content (AvgIpc) is 2.80. The Labute approximate surface area is 174 Å². The number of hydrogen-bond donors (Lipinski definition) is 0. The van der Waals surface area contributed by atoms with E-state index in [4.69, 9.17) is 21.1 Å². The van der Waals surface area contributed by atoms with Crippen molar-refractivity contribution in [3.05, 3.63) is 89.9 Å². The van der Waals surface area contributed by atoms with E-state index in [-0.39, 0.29) is 23.2 Å². The van der Waals surface area contributed by atoms with Crippen molar-refractivity contribution in [3.8, 4) is 17.2 Å². The fourth-order valence-electron chi connectivity index (χ4n) is 2.78. The van der Waals surface area contributed by atoms with Gasteiger partial charge < -0.3 is 14.2 Å². The number of benzene rings is 3. The van der Waals surface area contributed by atoms with Crippen molar-refractivity contribution < 1.29 is 21.1 Å². The van der Waals surface area contributed by atoms with E-state index in [2.05, 4.69) is 13.8 Å². The maximum absolute atomic E-state index is 8.01. The molecule has 0 aliphatic carbocycles. The van der Waals surface area contributed by atoms with Gasteiger partial charge in [-0.2, -0.15) is 0 Å². The van der Waals surface area contributed by atoms with E-state index in [1.54, 1.807) is 18.2 Å². The molecule has 0 aliphatic heterocycles. The third kappa shape index (κ3) is 5.61. The van der Waals surface area contributed by atoms with Crippen LogP contribution in [0.4, 0.5) is 0 Å². The summed E-state index contributed by atoms with van der Waals surface area (Å²) in [7, 11) is 0. The van der Waals surface area contributed by atoms with E-state index in [9.17, 15) is 0 Å². The van der Waals surface area contributed by atoms with E-state index in [0.29, 0.717) is 25.6 Å². The molecule has 0 spiro atoms. The van der Waals surface area contributed by atoms with Gasteiger partial charge in [-0.05, 0) is 54.4 Å². The number of hydrogen-bond acceptors (Lipinski definition) is 3. The lowest BCUT2D eigenvalue weighted by Gasteiger charge is -2.25. The first-order valence-corrected chi connectivity index (χ1v) is 9.29. The highest BCUT2D eigenvalue weighted by Gasteiger charge is 2.21. The van der Waals surface area contributed by atoms with Crippen LogP contribution < -0.4 is 9.47 Å². The third-order valence-electron chi connectivity index (χ3n) is 4.27. The van der Waals surface area contributed by atoms with Gasteiger partial charge in [0.05, 0.1) is 26.7 Å². The molecule has 0 aromatic heterocycles. The van der Waals surface area contributed by atoms with Gasteiger partial charge in [-0.25, -0.2) is 0 Å². The Hall–Kier alpha value is -2.78. The molecule has 3 nitrogen and oxygen atoms in total. The molecule has 0 radical (unpaired) electrons. The van der Waals surface area contributed by atoms with Crippen molar-refractivity contribution in [1.82, 2.24) is 0 Å². The maximum atomic E-state index is 8.01. The van der Waals surface area contributed by atoms with Gasteiger partial charge in [-0.15, -0.1) is 0 Å². The fraction of sp³-hybridized carbons (Fsp3) is 0.280. The molecule has 3 aromatic rings. The van der Waals surface area contributed by atoms with E-state index in [1.165, 1.54) is 0 Å². The fourth-order valence-corrected chi connectivity index (χ4v) is 2.78. The van der Waals surface area contributed by atoms with Crippen LogP contribution in [-0.2, 0) is 16.8 Å². The third-order valence-corrected chi connectivity index (χ3v) is 4.27. The summed E-state index contributed by atoms with van der Waals surface area (Å²) in [6.07, 6.45) is 0. The van der Waals surface area contributed by atoms with Crippen LogP contribution in [0.25, 0.3) is 0 Å². The lowest BCUT2D eigenvalue weighted by molar-refractivity contribution is 0.0824. The summed E-state index contributed by atoms with van der Waals surface area (Å²) >= 11 is 0. The van der Waals surface area contributed by atoms with Crippen LogP contribution in [0, 0.1) is 0 Å². The molecule has 0 heterocycles. The largest absolute Gasteiger partial charge is 0.494 e. The second kappa shape index (κ2) is 9.43. The molecular formula is C25H28O3. The van der Waals surface area contributed by atoms with Crippen LogP contribution in [0.2, 0.25) is 0 Å². The number of ether oxygens (including phenoxy) is 3. The van der Waals surface area contributed by atoms with Crippen molar-refractivity contribution in [3.63, 3.8) is 0 Å². The molecule has 0 amide bonds. The minimum atomic E-state index is -0.449. The lowest BCUT2D eigenvalue weighted by Crippen LogP contribution is -2.24. The molecule has 0 N–H and O–H groups in total. The first-order chi connectivity index (χ1) is 15.6. The highest BCUT2D eigenvalue weighted by Crippen LogP contribution is 2.27. The molecular weight excluding hydrogens is 348 g/mol. The van der Waals surface area contributed by atoms with Gasteiger partial charge in [-0.3, -0.25) is 0 Å². The van der Waals surface area contributed by atoms with Gasteiger partial charge in [0.2, 0.25) is 0 Å². The smallest absolute Gasteiger partial charge is 0.127 e. The molecule has 0 unspecified atom stereocenters. The Balaban J connectivity index is 1.66. The summed E-state index contributed by atoms with van der Waals surface area (Å²) in [5.41, 5.74) is 1.79. The number of para-hydroxylation sites is 1. The van der Waals surface area contributed by atoms with E-state index in [1.807, 2.05) is 37.3 Å². The molecule has 0 atom stereocenters. The van der Waals surface area contributed by atoms with Crippen LogP contribution in [0.1, 0.15) is 38.8 Å². The Bertz CT molecular complexity index is 1080. The molecule has 3 heteroatoms. The molecule has 0 bridgehead atoms. The topological polar surface area (TPSA) is 27.7 Å². The summed E-state index contributed by atoms with van der Waals surface area (Å²) < 4.78 is 56.4. The summed E-state index contributed by atoms with van der Waals surface area (Å²) in [5, 5.41) is 0. The predicted molar refractivity (Wildman–Crippen MR) is 113 cm³/mol. The highest BCUT2D eigenvalue weighted by molar-refractivity contribution is 5.34. The summed E-state index contributed by atoms with van der Waals surface area (Å²) in [6, 6.07) is 13.0. The monoisotopic (exact) mass is 381 g/mol. The Morgan fingerprint density at radius 3 is 2.36 bits per heavy atom. The Morgan fingerprint density at radius 1 is 0.893 bits per heavy atom. The maximum Gasteiger partial charge on any atom is 0.127 e. The average molecular weight is 382 g/mol. The van der Waals surface area contributed by atoms with Crippen molar-refractivity contribution in [2.24, 2.45) is 0 Å². The normalized spacial score (nSPS) is 13.8. The van der Waals surface area contributed by atoms with Crippen LogP contribution in [0.5, 0.6) is 17.2 Å². The van der Waals surface area contributed by atoms with Crippen molar-refractivity contribution >= 4 is 0 Å². The molecule has 146 valence electrons. The Morgan fingerprint density at radius 2 is 1.64 bits per heavy atom. The number of rotatable bonds is 9. The molecule has 3 aromatic carbocycles. The van der Waals surface area contributed by atoms with Gasteiger partial charge in [0, 0.05) is 5.41 Å². The van der Waals surface area contributed by atoms with Crippen LogP contribution in [0.3, 0.4) is 0 Å². The van der Waals surface area contributed by atoms with Crippen LogP contribution >= 0.6 is 0 Å². The zero-order valence-corrected chi connectivity index (χ0v) is 16.5. The van der Waals surface area contributed by atoms with Gasteiger partial charge >= 0.3 is 0 Å². The second-order valence-electron chi connectivity index (χ2n) is 7.04. The first-order valence-electron chi connectivity index (χ1n) is 11.8. The molecule has 0 aliphatic rings. The summed E-state index contributed by atoms with van der Waals surface area (Å²) in [4.78, 5) is 0. The highest BCUT2D eigenvalue weighted by atomic mass is 16.5. The van der Waals surface area contributed by atoms with E-state index >= 15 is 0 Å². The first kappa shape index (κ1) is 14.3. The van der Waals surface area contributed by atoms with Gasteiger partial charge in [0.1, 0.15) is 17.2 Å². The Kier molecular flexibility index (Phi) is 4.80. The summed E-state index contributed by atoms with van der Waals surface area (Å²) in [6.45, 7) is 7.65. The zero-order chi connectivity index (χ0) is 24.2. The minimum absolute atomic E-state index is 0.198. The molecule has 0 saturated heterocycles. The van der Waals surface area contributed by atoms with E-state index < -0.39 is 18.1 Å². The molecule has 0 saturated carbocycles. The lowest BCUT2D eigenvalue weighted by atomic mass is 9.85. The summed E-state index contributed by atoms with van der Waals surface area (Å²) in [5.74, 6) is 1.02. The van der Waals surface area contributed by atoms with E-state index in [0.717, 1.165) is 16.9 Å². The predicted octanol–water partition coefficient (Wildman–Crippen LogP) is 6.37. The molecule has 28 heavy (non-hydrogen) atoms. The standard InChI is InChI=1S/C25H28O3/c1-4-27-22-15-13-21(14-16-22)25(2,3)19-26-18-20-9-8-12-24(17-20)28-23-10-6-5-7-11-23/h5-17H,4,18-19H2,1-3H3/i5D,6D,7D,10D,11D. The second-order valence-corrected chi connectivity index (χ2v) is 7.04.